The van der Waals surface area contributed by atoms with Crippen LogP contribution in [0.2, 0.25) is 0 Å². The molecule has 2 aliphatic rings. The van der Waals surface area contributed by atoms with Gasteiger partial charge in [-0.05, 0) is 43.5 Å². The highest BCUT2D eigenvalue weighted by molar-refractivity contribution is 5.61. The second kappa shape index (κ2) is 4.57. The number of rotatable bonds is 3. The van der Waals surface area contributed by atoms with Crippen molar-refractivity contribution in [1.29, 1.82) is 0 Å². The van der Waals surface area contributed by atoms with Gasteiger partial charge in [0.15, 0.2) is 0 Å². The minimum atomic E-state index is 0.617. The monoisotopic (exact) mass is 231 g/mol. The molecule has 2 fully saturated rings. The van der Waals surface area contributed by atoms with Crippen molar-refractivity contribution in [1.82, 2.24) is 5.32 Å². The van der Waals surface area contributed by atoms with Crippen LogP contribution in [0, 0.1) is 6.92 Å². The van der Waals surface area contributed by atoms with Crippen LogP contribution in [0.5, 0.6) is 0 Å². The molecule has 3 nitrogen and oxygen atoms in total. The van der Waals surface area contributed by atoms with Crippen LogP contribution >= 0.6 is 0 Å². The van der Waals surface area contributed by atoms with Crippen LogP contribution in [-0.2, 0) is 0 Å². The van der Waals surface area contributed by atoms with Crippen molar-refractivity contribution in [3.05, 3.63) is 23.8 Å². The van der Waals surface area contributed by atoms with Gasteiger partial charge in [-0.3, -0.25) is 0 Å². The van der Waals surface area contributed by atoms with E-state index in [1.807, 2.05) is 0 Å². The molecule has 0 radical (unpaired) electrons. The van der Waals surface area contributed by atoms with Crippen LogP contribution in [0.3, 0.4) is 0 Å². The smallest absolute Gasteiger partial charge is 0.0510 e. The number of aryl methyl sites for hydroxylation is 1. The molecule has 17 heavy (non-hydrogen) atoms. The van der Waals surface area contributed by atoms with Gasteiger partial charge in [0.1, 0.15) is 0 Å². The molecule has 0 unspecified atom stereocenters. The molecular weight excluding hydrogens is 210 g/mol. The van der Waals surface area contributed by atoms with E-state index in [-0.39, 0.29) is 0 Å². The molecule has 1 aromatic carbocycles. The standard InChI is InChI=1S/C14H21N3/c1-11-8-13(17-6-2-3-7-17)4-5-14(11)16-12-9-15-10-12/h4-5,8,12,15-16H,2-3,6-7,9-10H2,1H3. The highest BCUT2D eigenvalue weighted by atomic mass is 15.1. The maximum Gasteiger partial charge on any atom is 0.0510 e. The van der Waals surface area contributed by atoms with Gasteiger partial charge >= 0.3 is 0 Å². The molecule has 3 heteroatoms. The first-order valence-electron chi connectivity index (χ1n) is 6.66. The lowest BCUT2D eigenvalue weighted by atomic mass is 10.1. The van der Waals surface area contributed by atoms with E-state index in [9.17, 15) is 0 Å². The molecule has 0 atom stereocenters. The van der Waals surface area contributed by atoms with E-state index in [1.54, 1.807) is 0 Å². The van der Waals surface area contributed by atoms with Crippen LogP contribution in [0.4, 0.5) is 11.4 Å². The summed E-state index contributed by atoms with van der Waals surface area (Å²) in [6.45, 7) is 6.83. The van der Waals surface area contributed by atoms with Gasteiger partial charge < -0.3 is 15.5 Å². The zero-order valence-electron chi connectivity index (χ0n) is 10.5. The minimum absolute atomic E-state index is 0.617. The molecular formula is C14H21N3. The van der Waals surface area contributed by atoms with E-state index in [4.69, 9.17) is 0 Å². The van der Waals surface area contributed by atoms with Crippen molar-refractivity contribution in [2.24, 2.45) is 0 Å². The number of nitrogens with one attached hydrogen (secondary N) is 2. The van der Waals surface area contributed by atoms with Crippen LogP contribution in [0.15, 0.2) is 18.2 Å². The average Bonchev–Trinajstić information content (AvgIpc) is 2.78. The largest absolute Gasteiger partial charge is 0.380 e. The Kier molecular flexibility index (Phi) is 2.93. The molecule has 0 amide bonds. The Morgan fingerprint density at radius 2 is 2.00 bits per heavy atom. The fraction of sp³-hybridized carbons (Fsp3) is 0.571. The summed E-state index contributed by atoms with van der Waals surface area (Å²) in [6.07, 6.45) is 2.68. The third kappa shape index (κ3) is 2.25. The SMILES string of the molecule is Cc1cc(N2CCCC2)ccc1NC1CNC1. The second-order valence-electron chi connectivity index (χ2n) is 5.19. The molecule has 3 rings (SSSR count). The Hall–Kier alpha value is -1.22. The van der Waals surface area contributed by atoms with E-state index in [0.717, 1.165) is 13.1 Å². The summed E-state index contributed by atoms with van der Waals surface area (Å²) in [6, 6.07) is 7.43. The van der Waals surface area contributed by atoms with Gasteiger partial charge in [-0.1, -0.05) is 0 Å². The van der Waals surface area contributed by atoms with Gasteiger partial charge in [0.2, 0.25) is 0 Å². The van der Waals surface area contributed by atoms with E-state index in [1.165, 1.54) is 42.9 Å². The summed E-state index contributed by atoms with van der Waals surface area (Å²) in [5.41, 5.74) is 4.04. The van der Waals surface area contributed by atoms with Crippen molar-refractivity contribution in [3.63, 3.8) is 0 Å². The number of nitrogens with zero attached hydrogens (tertiary/aromatic N) is 1. The van der Waals surface area contributed by atoms with E-state index < -0.39 is 0 Å². The Labute approximate surface area is 103 Å². The third-order valence-electron chi connectivity index (χ3n) is 3.82. The molecule has 0 aliphatic carbocycles. The lowest BCUT2D eigenvalue weighted by Crippen LogP contribution is -2.51. The first-order valence-corrected chi connectivity index (χ1v) is 6.66. The van der Waals surface area contributed by atoms with E-state index in [2.05, 4.69) is 40.7 Å². The first kappa shape index (κ1) is 10.9. The van der Waals surface area contributed by atoms with Crippen LogP contribution < -0.4 is 15.5 Å². The molecule has 92 valence electrons. The molecule has 2 N–H and O–H groups in total. The van der Waals surface area contributed by atoms with Gasteiger partial charge in [0.25, 0.3) is 0 Å². The molecule has 2 aliphatic heterocycles. The summed E-state index contributed by atoms with van der Waals surface area (Å²) in [4.78, 5) is 2.49. The quantitative estimate of drug-likeness (QED) is 0.833. The maximum atomic E-state index is 3.58. The summed E-state index contributed by atoms with van der Waals surface area (Å²) in [7, 11) is 0. The molecule has 1 aromatic rings. The normalized spacial score (nSPS) is 20.4. The summed E-state index contributed by atoms with van der Waals surface area (Å²) in [5, 5.41) is 6.87. The van der Waals surface area contributed by atoms with Crippen molar-refractivity contribution in [2.75, 3.05) is 36.4 Å². The molecule has 2 saturated heterocycles. The van der Waals surface area contributed by atoms with Gasteiger partial charge in [-0.15, -0.1) is 0 Å². The second-order valence-corrected chi connectivity index (χ2v) is 5.19. The van der Waals surface area contributed by atoms with Gasteiger partial charge in [0, 0.05) is 37.6 Å². The van der Waals surface area contributed by atoms with Crippen molar-refractivity contribution in [2.45, 2.75) is 25.8 Å². The highest BCUT2D eigenvalue weighted by Crippen LogP contribution is 2.26. The van der Waals surface area contributed by atoms with Gasteiger partial charge in [0.05, 0.1) is 6.04 Å². The van der Waals surface area contributed by atoms with Crippen LogP contribution in [0.25, 0.3) is 0 Å². The Morgan fingerprint density at radius 3 is 2.59 bits per heavy atom. The first-order chi connectivity index (χ1) is 8.33. The number of benzene rings is 1. The number of hydrogen-bond acceptors (Lipinski definition) is 3. The molecule has 0 spiro atoms. The Morgan fingerprint density at radius 1 is 1.24 bits per heavy atom. The minimum Gasteiger partial charge on any atom is -0.380 e. The predicted octanol–water partition coefficient (Wildman–Crippen LogP) is 1.98. The predicted molar refractivity (Wildman–Crippen MR) is 72.9 cm³/mol. The molecule has 2 heterocycles. The van der Waals surface area contributed by atoms with E-state index in [0.29, 0.717) is 6.04 Å². The van der Waals surface area contributed by atoms with E-state index >= 15 is 0 Å². The topological polar surface area (TPSA) is 27.3 Å². The number of hydrogen-bond donors (Lipinski definition) is 2. The summed E-state index contributed by atoms with van der Waals surface area (Å²) < 4.78 is 0. The van der Waals surface area contributed by atoms with Crippen molar-refractivity contribution >= 4 is 11.4 Å². The fourth-order valence-electron chi connectivity index (χ4n) is 2.59. The Bertz CT molecular complexity index is 392. The third-order valence-corrected chi connectivity index (χ3v) is 3.82. The average molecular weight is 231 g/mol. The van der Waals surface area contributed by atoms with Crippen molar-refractivity contribution in [3.8, 4) is 0 Å². The van der Waals surface area contributed by atoms with Crippen LogP contribution in [0.1, 0.15) is 18.4 Å². The van der Waals surface area contributed by atoms with Gasteiger partial charge in [-0.25, -0.2) is 0 Å². The van der Waals surface area contributed by atoms with Crippen molar-refractivity contribution < 1.29 is 0 Å². The lowest BCUT2D eigenvalue weighted by molar-refractivity contribution is 0.472. The summed E-state index contributed by atoms with van der Waals surface area (Å²) in [5.74, 6) is 0. The molecule has 0 bridgehead atoms. The summed E-state index contributed by atoms with van der Waals surface area (Å²) >= 11 is 0. The zero-order valence-corrected chi connectivity index (χ0v) is 10.5. The van der Waals surface area contributed by atoms with Crippen LogP contribution in [-0.4, -0.2) is 32.2 Å². The molecule has 0 saturated carbocycles. The van der Waals surface area contributed by atoms with Gasteiger partial charge in [-0.2, -0.15) is 0 Å². The highest BCUT2D eigenvalue weighted by Gasteiger charge is 2.17. The zero-order chi connectivity index (χ0) is 11.7. The molecule has 0 aromatic heterocycles. The fourth-order valence-corrected chi connectivity index (χ4v) is 2.59. The maximum absolute atomic E-state index is 3.58. The lowest BCUT2D eigenvalue weighted by Gasteiger charge is -2.30. The number of anilines is 2. The Balaban J connectivity index is 1.73.